The van der Waals surface area contributed by atoms with Crippen molar-refractivity contribution in [1.82, 2.24) is 10.2 Å². The topological polar surface area (TPSA) is 28.7 Å². The minimum Gasteiger partial charge on any atom is -0.278 e. The van der Waals surface area contributed by atoms with Gasteiger partial charge < -0.3 is 0 Å². The van der Waals surface area contributed by atoms with Crippen LogP contribution in [0.4, 0.5) is 0 Å². The van der Waals surface area contributed by atoms with E-state index in [4.69, 9.17) is 0 Å². The van der Waals surface area contributed by atoms with Crippen molar-refractivity contribution >= 4 is 6.08 Å². The third kappa shape index (κ3) is 2.90. The summed E-state index contributed by atoms with van der Waals surface area (Å²) in [5.74, 6) is 0.541. The predicted molar refractivity (Wildman–Crippen MR) is 56.2 cm³/mol. The van der Waals surface area contributed by atoms with Crippen molar-refractivity contribution in [2.75, 3.05) is 0 Å². The quantitative estimate of drug-likeness (QED) is 0.704. The molecular weight excluding hydrogens is 160 g/mol. The zero-order valence-corrected chi connectivity index (χ0v) is 8.41. The average molecular weight is 176 g/mol. The van der Waals surface area contributed by atoms with Gasteiger partial charge in [0.2, 0.25) is 0 Å². The fourth-order valence-corrected chi connectivity index (χ4v) is 1.13. The van der Waals surface area contributed by atoms with Gasteiger partial charge in [-0.1, -0.05) is 26.0 Å². The molecule has 0 amide bonds. The number of nitrogens with one attached hydrogen (secondary N) is 1. The number of rotatable bonds is 3. The number of hydrogen-bond donors (Lipinski definition) is 1. The number of allylic oxidation sites excluding steroid dienone is 3. The molecule has 2 heteroatoms. The monoisotopic (exact) mass is 176 g/mol. The standard InChI is InChI=1S/C11H16N2/c1-4-5-10(9(2)3)8-11-6-7-12-13-11/h4-9H,1-3H3,(H,12,13)/b5-4-,10-8+. The Morgan fingerprint density at radius 2 is 2.31 bits per heavy atom. The Balaban J connectivity index is 2.87. The molecule has 0 radical (unpaired) electrons. The zero-order chi connectivity index (χ0) is 9.68. The summed E-state index contributed by atoms with van der Waals surface area (Å²) in [6.07, 6.45) is 8.07. The maximum atomic E-state index is 3.90. The first kappa shape index (κ1) is 9.78. The second-order valence-corrected chi connectivity index (χ2v) is 3.31. The van der Waals surface area contributed by atoms with E-state index in [1.165, 1.54) is 5.57 Å². The molecule has 1 aromatic rings. The minimum absolute atomic E-state index is 0.541. The Kier molecular flexibility index (Phi) is 3.50. The van der Waals surface area contributed by atoms with Gasteiger partial charge >= 0.3 is 0 Å². The summed E-state index contributed by atoms with van der Waals surface area (Å²) < 4.78 is 0. The Morgan fingerprint density at radius 1 is 1.54 bits per heavy atom. The van der Waals surface area contributed by atoms with E-state index in [2.05, 4.69) is 42.3 Å². The molecule has 0 spiro atoms. The lowest BCUT2D eigenvalue weighted by Gasteiger charge is -2.04. The molecule has 1 aromatic heterocycles. The van der Waals surface area contributed by atoms with Gasteiger partial charge in [-0.05, 0) is 30.6 Å². The first-order chi connectivity index (χ1) is 6.24. The lowest BCUT2D eigenvalue weighted by molar-refractivity contribution is 0.796. The van der Waals surface area contributed by atoms with E-state index in [0.717, 1.165) is 5.69 Å². The highest BCUT2D eigenvalue weighted by Crippen LogP contribution is 2.14. The van der Waals surface area contributed by atoms with Gasteiger partial charge in [0.05, 0.1) is 5.69 Å². The van der Waals surface area contributed by atoms with Crippen molar-refractivity contribution in [3.8, 4) is 0 Å². The third-order valence-corrected chi connectivity index (χ3v) is 1.87. The van der Waals surface area contributed by atoms with Crippen LogP contribution in [0.5, 0.6) is 0 Å². The summed E-state index contributed by atoms with van der Waals surface area (Å²) in [5, 5.41) is 6.82. The largest absolute Gasteiger partial charge is 0.278 e. The highest BCUT2D eigenvalue weighted by atomic mass is 15.1. The molecule has 1 N–H and O–H groups in total. The Bertz CT molecular complexity index is 292. The summed E-state index contributed by atoms with van der Waals surface area (Å²) in [4.78, 5) is 0. The zero-order valence-electron chi connectivity index (χ0n) is 8.41. The molecule has 0 aliphatic heterocycles. The fraction of sp³-hybridized carbons (Fsp3) is 0.364. The highest BCUT2D eigenvalue weighted by Gasteiger charge is 1.99. The SMILES string of the molecule is C/C=C\C(=C/c1ccn[nH]1)C(C)C. The lowest BCUT2D eigenvalue weighted by atomic mass is 10.0. The van der Waals surface area contributed by atoms with Gasteiger partial charge in [0.15, 0.2) is 0 Å². The molecule has 13 heavy (non-hydrogen) atoms. The molecule has 0 aliphatic carbocycles. The predicted octanol–water partition coefficient (Wildman–Crippen LogP) is 3.03. The van der Waals surface area contributed by atoms with Crippen LogP contribution >= 0.6 is 0 Å². The molecule has 0 aliphatic rings. The summed E-state index contributed by atoms with van der Waals surface area (Å²) in [6, 6.07) is 1.96. The molecular formula is C11H16N2. The molecule has 70 valence electrons. The van der Waals surface area contributed by atoms with Crippen LogP contribution in [0.25, 0.3) is 6.08 Å². The maximum Gasteiger partial charge on any atom is 0.0580 e. The van der Waals surface area contributed by atoms with Crippen LogP contribution in [-0.2, 0) is 0 Å². The third-order valence-electron chi connectivity index (χ3n) is 1.87. The van der Waals surface area contributed by atoms with E-state index in [9.17, 15) is 0 Å². The summed E-state index contributed by atoms with van der Waals surface area (Å²) in [5.41, 5.74) is 2.37. The molecule has 0 bridgehead atoms. The van der Waals surface area contributed by atoms with Crippen LogP contribution in [0, 0.1) is 5.92 Å². The molecule has 0 aromatic carbocycles. The van der Waals surface area contributed by atoms with Gasteiger partial charge in [-0.2, -0.15) is 5.10 Å². The van der Waals surface area contributed by atoms with Crippen molar-refractivity contribution in [1.29, 1.82) is 0 Å². The van der Waals surface area contributed by atoms with Gasteiger partial charge in [-0.3, -0.25) is 5.10 Å². The van der Waals surface area contributed by atoms with Crippen LogP contribution in [0.1, 0.15) is 26.5 Å². The first-order valence-electron chi connectivity index (χ1n) is 4.57. The van der Waals surface area contributed by atoms with Crippen LogP contribution in [0.15, 0.2) is 30.0 Å². The fourth-order valence-electron chi connectivity index (χ4n) is 1.13. The van der Waals surface area contributed by atoms with E-state index in [1.807, 2.05) is 13.0 Å². The van der Waals surface area contributed by atoms with Crippen LogP contribution in [0.3, 0.4) is 0 Å². The smallest absolute Gasteiger partial charge is 0.0580 e. The molecule has 1 rings (SSSR count). The van der Waals surface area contributed by atoms with Crippen LogP contribution in [-0.4, -0.2) is 10.2 Å². The van der Waals surface area contributed by atoms with Crippen molar-refractivity contribution in [3.63, 3.8) is 0 Å². The molecule has 0 atom stereocenters. The lowest BCUT2D eigenvalue weighted by Crippen LogP contribution is -1.90. The number of hydrogen-bond acceptors (Lipinski definition) is 1. The summed E-state index contributed by atoms with van der Waals surface area (Å²) in [7, 11) is 0. The number of nitrogens with zero attached hydrogens (tertiary/aromatic N) is 1. The molecule has 0 fully saturated rings. The molecule has 1 heterocycles. The minimum atomic E-state index is 0.541. The second kappa shape index (κ2) is 4.65. The van der Waals surface area contributed by atoms with Crippen molar-refractivity contribution < 1.29 is 0 Å². The van der Waals surface area contributed by atoms with Gasteiger partial charge in [0.1, 0.15) is 0 Å². The summed E-state index contributed by atoms with van der Waals surface area (Å²) >= 11 is 0. The van der Waals surface area contributed by atoms with Crippen LogP contribution in [0.2, 0.25) is 0 Å². The first-order valence-corrected chi connectivity index (χ1v) is 4.57. The summed E-state index contributed by atoms with van der Waals surface area (Å²) in [6.45, 7) is 6.40. The molecule has 0 saturated carbocycles. The number of H-pyrrole nitrogens is 1. The Morgan fingerprint density at radius 3 is 2.77 bits per heavy atom. The molecule has 2 nitrogen and oxygen atoms in total. The average Bonchev–Trinajstić information content (AvgIpc) is 2.56. The van der Waals surface area contributed by atoms with E-state index >= 15 is 0 Å². The van der Waals surface area contributed by atoms with E-state index in [-0.39, 0.29) is 0 Å². The van der Waals surface area contributed by atoms with Crippen LogP contribution < -0.4 is 0 Å². The van der Waals surface area contributed by atoms with E-state index in [1.54, 1.807) is 6.20 Å². The maximum absolute atomic E-state index is 3.90. The van der Waals surface area contributed by atoms with Crippen molar-refractivity contribution in [2.45, 2.75) is 20.8 Å². The molecule has 0 saturated heterocycles. The Labute approximate surface area is 79.4 Å². The molecule has 0 unspecified atom stereocenters. The highest BCUT2D eigenvalue weighted by molar-refractivity contribution is 5.52. The van der Waals surface area contributed by atoms with E-state index < -0.39 is 0 Å². The Hall–Kier alpha value is -1.31. The van der Waals surface area contributed by atoms with Gasteiger partial charge in [0, 0.05) is 6.20 Å². The number of aromatic amines is 1. The number of aromatic nitrogens is 2. The second-order valence-electron chi connectivity index (χ2n) is 3.31. The van der Waals surface area contributed by atoms with Gasteiger partial charge in [0.25, 0.3) is 0 Å². The van der Waals surface area contributed by atoms with Crippen molar-refractivity contribution in [2.24, 2.45) is 5.92 Å². The van der Waals surface area contributed by atoms with Gasteiger partial charge in [-0.15, -0.1) is 0 Å². The normalized spacial score (nSPS) is 13.1. The van der Waals surface area contributed by atoms with Crippen molar-refractivity contribution in [3.05, 3.63) is 35.7 Å². The van der Waals surface area contributed by atoms with E-state index in [0.29, 0.717) is 5.92 Å². The van der Waals surface area contributed by atoms with Gasteiger partial charge in [-0.25, -0.2) is 0 Å².